The van der Waals surface area contributed by atoms with Gasteiger partial charge in [0.05, 0.1) is 17.9 Å². The average molecular weight is 273 g/mol. The van der Waals surface area contributed by atoms with Gasteiger partial charge in [-0.05, 0) is 25.1 Å². The molecule has 0 fully saturated rings. The molecule has 19 heavy (non-hydrogen) atoms. The van der Waals surface area contributed by atoms with Gasteiger partial charge in [-0.15, -0.1) is 0 Å². The minimum absolute atomic E-state index is 0.0258. The van der Waals surface area contributed by atoms with Gasteiger partial charge in [0.2, 0.25) is 5.76 Å². The van der Waals surface area contributed by atoms with Crippen molar-refractivity contribution in [3.8, 4) is 0 Å². The molecule has 0 unspecified atom stereocenters. The molecule has 2 rings (SSSR count). The van der Waals surface area contributed by atoms with Crippen LogP contribution >= 0.6 is 0 Å². The number of benzene rings is 1. The third-order valence-corrected chi connectivity index (χ3v) is 2.52. The first kappa shape index (κ1) is 13.3. The van der Waals surface area contributed by atoms with E-state index in [1.54, 1.807) is 6.92 Å². The molecular weight excluding hydrogens is 263 g/mol. The highest BCUT2D eigenvalue weighted by Gasteiger charge is 2.31. The molecule has 0 radical (unpaired) electrons. The van der Waals surface area contributed by atoms with E-state index in [4.69, 9.17) is 14.9 Å². The Labute approximate surface area is 105 Å². The fourth-order valence-corrected chi connectivity index (χ4v) is 1.64. The summed E-state index contributed by atoms with van der Waals surface area (Å²) in [6.07, 6.45) is -4.49. The molecule has 0 aliphatic carbocycles. The lowest BCUT2D eigenvalue weighted by atomic mass is 10.1. The van der Waals surface area contributed by atoms with Crippen molar-refractivity contribution in [2.75, 3.05) is 12.3 Å². The molecule has 0 aliphatic heterocycles. The van der Waals surface area contributed by atoms with E-state index in [1.165, 1.54) is 6.07 Å². The molecule has 0 spiro atoms. The van der Waals surface area contributed by atoms with Crippen LogP contribution in [0.25, 0.3) is 11.0 Å². The van der Waals surface area contributed by atoms with Crippen molar-refractivity contribution >= 4 is 22.6 Å². The second-order valence-electron chi connectivity index (χ2n) is 3.77. The lowest BCUT2D eigenvalue weighted by Gasteiger charge is -2.05. The lowest BCUT2D eigenvalue weighted by molar-refractivity contribution is -0.137. The van der Waals surface area contributed by atoms with Crippen LogP contribution in [-0.4, -0.2) is 12.6 Å². The Morgan fingerprint density at radius 1 is 1.42 bits per heavy atom. The first-order chi connectivity index (χ1) is 8.84. The van der Waals surface area contributed by atoms with Crippen molar-refractivity contribution in [1.82, 2.24) is 0 Å². The first-order valence-electron chi connectivity index (χ1n) is 5.41. The Kier molecular flexibility index (Phi) is 3.13. The zero-order valence-electron chi connectivity index (χ0n) is 9.88. The molecule has 0 saturated heterocycles. The van der Waals surface area contributed by atoms with E-state index in [2.05, 4.69) is 0 Å². The van der Waals surface area contributed by atoms with Crippen molar-refractivity contribution in [3.05, 3.63) is 29.5 Å². The molecule has 0 bridgehead atoms. The summed E-state index contributed by atoms with van der Waals surface area (Å²) in [7, 11) is 0. The van der Waals surface area contributed by atoms with Gasteiger partial charge < -0.3 is 14.9 Å². The van der Waals surface area contributed by atoms with Crippen LogP contribution in [-0.2, 0) is 10.9 Å². The average Bonchev–Trinajstić information content (AvgIpc) is 2.66. The van der Waals surface area contributed by atoms with Gasteiger partial charge in [-0.3, -0.25) is 0 Å². The Morgan fingerprint density at radius 3 is 2.68 bits per heavy atom. The van der Waals surface area contributed by atoms with Crippen molar-refractivity contribution in [2.24, 2.45) is 0 Å². The third kappa shape index (κ3) is 2.35. The summed E-state index contributed by atoms with van der Waals surface area (Å²) in [5.41, 5.74) is 4.66. The Balaban J connectivity index is 2.54. The van der Waals surface area contributed by atoms with E-state index in [-0.39, 0.29) is 29.0 Å². The van der Waals surface area contributed by atoms with Crippen LogP contribution in [0.1, 0.15) is 23.0 Å². The van der Waals surface area contributed by atoms with E-state index in [1.807, 2.05) is 0 Å². The van der Waals surface area contributed by atoms with Gasteiger partial charge in [-0.2, -0.15) is 13.2 Å². The van der Waals surface area contributed by atoms with E-state index >= 15 is 0 Å². The largest absolute Gasteiger partial charge is 0.460 e. The summed E-state index contributed by atoms with van der Waals surface area (Å²) in [6, 6.07) is 2.84. The number of furan rings is 1. The van der Waals surface area contributed by atoms with Gasteiger partial charge in [0, 0.05) is 5.39 Å². The van der Waals surface area contributed by atoms with Gasteiger partial charge >= 0.3 is 12.1 Å². The van der Waals surface area contributed by atoms with Crippen molar-refractivity contribution in [3.63, 3.8) is 0 Å². The monoisotopic (exact) mass is 273 g/mol. The lowest BCUT2D eigenvalue weighted by Crippen LogP contribution is -2.05. The fourth-order valence-electron chi connectivity index (χ4n) is 1.64. The minimum Gasteiger partial charge on any atom is -0.460 e. The minimum atomic E-state index is -4.49. The zero-order valence-corrected chi connectivity index (χ0v) is 9.88. The van der Waals surface area contributed by atoms with E-state index in [9.17, 15) is 18.0 Å². The SMILES string of the molecule is CCOC(=O)c1oc2cc(C(F)(F)F)ccc2c1N. The summed E-state index contributed by atoms with van der Waals surface area (Å²) in [6.45, 7) is 1.71. The maximum absolute atomic E-state index is 12.5. The number of hydrogen-bond donors (Lipinski definition) is 1. The number of hydrogen-bond acceptors (Lipinski definition) is 4. The summed E-state index contributed by atoms with van der Waals surface area (Å²) < 4.78 is 47.4. The van der Waals surface area contributed by atoms with Crippen LogP contribution in [0.15, 0.2) is 22.6 Å². The van der Waals surface area contributed by atoms with Gasteiger partial charge in [0.1, 0.15) is 5.58 Å². The van der Waals surface area contributed by atoms with Gasteiger partial charge in [0.25, 0.3) is 0 Å². The molecule has 1 aromatic carbocycles. The Morgan fingerprint density at radius 2 is 2.11 bits per heavy atom. The molecule has 102 valence electrons. The molecule has 0 atom stereocenters. The maximum atomic E-state index is 12.5. The second kappa shape index (κ2) is 4.49. The van der Waals surface area contributed by atoms with Crippen LogP contribution in [0.3, 0.4) is 0 Å². The number of nitrogens with two attached hydrogens (primary N) is 1. The zero-order chi connectivity index (χ0) is 14.2. The van der Waals surface area contributed by atoms with Crippen LogP contribution in [0, 0.1) is 0 Å². The smallest absolute Gasteiger partial charge is 0.416 e. The normalized spacial score (nSPS) is 11.8. The quantitative estimate of drug-likeness (QED) is 0.853. The number of nitrogen functional groups attached to an aromatic ring is 1. The molecule has 1 heterocycles. The number of carbonyl (C=O) groups excluding carboxylic acids is 1. The Hall–Kier alpha value is -2.18. The summed E-state index contributed by atoms with van der Waals surface area (Å²) in [5.74, 6) is -1.08. The van der Waals surface area contributed by atoms with Gasteiger partial charge in [0.15, 0.2) is 0 Å². The van der Waals surface area contributed by atoms with Crippen LogP contribution < -0.4 is 5.73 Å². The molecule has 0 amide bonds. The highest BCUT2D eigenvalue weighted by atomic mass is 19.4. The molecular formula is C12H10F3NO3. The molecule has 2 N–H and O–H groups in total. The third-order valence-electron chi connectivity index (χ3n) is 2.52. The van der Waals surface area contributed by atoms with Crippen molar-refractivity contribution < 1.29 is 27.1 Å². The molecule has 7 heteroatoms. The summed E-state index contributed by atoms with van der Waals surface area (Å²) in [5, 5.41) is 0.246. The standard InChI is InChI=1S/C12H10F3NO3/c1-2-18-11(17)10-9(16)7-4-3-6(12(13,14)15)5-8(7)19-10/h3-5H,2,16H2,1H3. The Bertz CT molecular complexity index is 631. The summed E-state index contributed by atoms with van der Waals surface area (Å²) in [4.78, 5) is 11.5. The maximum Gasteiger partial charge on any atom is 0.416 e. The number of rotatable bonds is 2. The van der Waals surface area contributed by atoms with E-state index in [0.717, 1.165) is 12.1 Å². The predicted molar refractivity (Wildman–Crippen MR) is 61.6 cm³/mol. The molecule has 0 saturated carbocycles. The van der Waals surface area contributed by atoms with Gasteiger partial charge in [-0.25, -0.2) is 4.79 Å². The van der Waals surface area contributed by atoms with E-state index < -0.39 is 17.7 Å². The summed E-state index contributed by atoms with van der Waals surface area (Å²) >= 11 is 0. The fraction of sp³-hybridized carbons (Fsp3) is 0.250. The van der Waals surface area contributed by atoms with Gasteiger partial charge in [-0.1, -0.05) is 0 Å². The van der Waals surface area contributed by atoms with Crippen LogP contribution in [0.2, 0.25) is 0 Å². The number of fused-ring (bicyclic) bond motifs is 1. The van der Waals surface area contributed by atoms with Crippen molar-refractivity contribution in [1.29, 1.82) is 0 Å². The number of anilines is 1. The molecule has 0 aliphatic rings. The predicted octanol–water partition coefficient (Wildman–Crippen LogP) is 3.21. The van der Waals surface area contributed by atoms with Crippen LogP contribution in [0.5, 0.6) is 0 Å². The van der Waals surface area contributed by atoms with Crippen molar-refractivity contribution in [2.45, 2.75) is 13.1 Å². The highest BCUT2D eigenvalue weighted by molar-refractivity contribution is 6.03. The molecule has 4 nitrogen and oxygen atoms in total. The first-order valence-corrected chi connectivity index (χ1v) is 5.41. The number of ether oxygens (including phenoxy) is 1. The number of carbonyl (C=O) groups is 1. The van der Waals surface area contributed by atoms with Crippen LogP contribution in [0.4, 0.5) is 18.9 Å². The molecule has 1 aromatic heterocycles. The number of esters is 1. The topological polar surface area (TPSA) is 65.5 Å². The number of halogens is 3. The van der Waals surface area contributed by atoms with E-state index in [0.29, 0.717) is 0 Å². The highest BCUT2D eigenvalue weighted by Crippen LogP contribution is 2.35. The number of alkyl halides is 3. The molecule has 2 aromatic rings. The second-order valence-corrected chi connectivity index (χ2v) is 3.77.